The molecule has 5 heteroatoms. The Morgan fingerprint density at radius 3 is 2.42 bits per heavy atom. The number of amides is 1. The predicted octanol–water partition coefficient (Wildman–Crippen LogP) is 1.99. The van der Waals surface area contributed by atoms with Crippen LogP contribution in [0.2, 0.25) is 0 Å². The lowest BCUT2D eigenvalue weighted by molar-refractivity contribution is -0.133. The molecule has 2 aliphatic rings. The maximum atomic E-state index is 12.5. The molecule has 0 radical (unpaired) electrons. The molecule has 0 heterocycles. The van der Waals surface area contributed by atoms with Crippen LogP contribution in [0.1, 0.15) is 58.8 Å². The van der Waals surface area contributed by atoms with Crippen molar-refractivity contribution in [3.8, 4) is 0 Å². The van der Waals surface area contributed by atoms with E-state index in [-0.39, 0.29) is 23.2 Å². The summed E-state index contributed by atoms with van der Waals surface area (Å²) in [5.74, 6) is -0.00103. The van der Waals surface area contributed by atoms with Gasteiger partial charge in [-0.1, -0.05) is 38.3 Å². The van der Waals surface area contributed by atoms with Crippen molar-refractivity contribution in [3.63, 3.8) is 0 Å². The van der Waals surface area contributed by atoms with Gasteiger partial charge in [0.2, 0.25) is 5.91 Å². The minimum atomic E-state index is -0.762. The predicted molar refractivity (Wildman–Crippen MR) is 73.9 cm³/mol. The van der Waals surface area contributed by atoms with Crippen molar-refractivity contribution in [1.82, 2.24) is 5.32 Å². The van der Waals surface area contributed by atoms with Gasteiger partial charge in [-0.15, -0.1) is 0 Å². The second-order valence-electron chi connectivity index (χ2n) is 6.68. The van der Waals surface area contributed by atoms with Gasteiger partial charge in [-0.25, -0.2) is 0 Å². The Morgan fingerprint density at radius 2 is 1.95 bits per heavy atom. The number of carbonyl (C=O) groups is 1. The largest absolute Gasteiger partial charge is 0.409 e. The fourth-order valence-corrected chi connectivity index (χ4v) is 3.28. The van der Waals surface area contributed by atoms with E-state index in [1.165, 1.54) is 6.42 Å². The van der Waals surface area contributed by atoms with Crippen LogP contribution in [0, 0.1) is 10.8 Å². The highest BCUT2D eigenvalue weighted by atomic mass is 16.4. The van der Waals surface area contributed by atoms with E-state index in [1.54, 1.807) is 0 Å². The third-order valence-electron chi connectivity index (χ3n) is 5.05. The summed E-state index contributed by atoms with van der Waals surface area (Å²) >= 11 is 0. The molecule has 0 aromatic carbocycles. The fourth-order valence-electron chi connectivity index (χ4n) is 3.28. The van der Waals surface area contributed by atoms with Gasteiger partial charge >= 0.3 is 0 Å². The Labute approximate surface area is 114 Å². The number of nitrogens with one attached hydrogen (secondary N) is 1. The second kappa shape index (κ2) is 5.02. The highest BCUT2D eigenvalue weighted by Gasteiger charge is 2.49. The quantitative estimate of drug-likeness (QED) is 0.316. The van der Waals surface area contributed by atoms with Crippen LogP contribution in [-0.4, -0.2) is 23.0 Å². The maximum absolute atomic E-state index is 12.5. The first kappa shape index (κ1) is 14.2. The van der Waals surface area contributed by atoms with Crippen molar-refractivity contribution in [1.29, 1.82) is 0 Å². The Hall–Kier alpha value is -1.26. The minimum Gasteiger partial charge on any atom is -0.409 e. The van der Waals surface area contributed by atoms with Crippen LogP contribution in [0.5, 0.6) is 0 Å². The standard InChI is InChI=1S/C14H25N3O2/c1-13(2)7-4-3-6-10(13)16-12(18)14(8-5-9-14)11(15)17-19/h10,19H,3-9H2,1-2H3,(H2,15,17)(H,16,18). The lowest BCUT2D eigenvalue weighted by Gasteiger charge is -2.44. The average Bonchev–Trinajstić information content (AvgIpc) is 2.30. The van der Waals surface area contributed by atoms with Crippen LogP contribution in [-0.2, 0) is 4.79 Å². The van der Waals surface area contributed by atoms with Crippen molar-refractivity contribution in [2.24, 2.45) is 21.7 Å². The van der Waals surface area contributed by atoms with Crippen LogP contribution in [0.25, 0.3) is 0 Å². The summed E-state index contributed by atoms with van der Waals surface area (Å²) < 4.78 is 0. The number of carbonyl (C=O) groups excluding carboxylic acids is 1. The van der Waals surface area contributed by atoms with Gasteiger partial charge in [0, 0.05) is 6.04 Å². The first-order chi connectivity index (χ1) is 8.92. The lowest BCUT2D eigenvalue weighted by atomic mass is 9.66. The van der Waals surface area contributed by atoms with Gasteiger partial charge in [0.1, 0.15) is 5.41 Å². The van der Waals surface area contributed by atoms with Crippen molar-refractivity contribution in [3.05, 3.63) is 0 Å². The summed E-state index contributed by atoms with van der Waals surface area (Å²) in [4.78, 5) is 12.5. The van der Waals surface area contributed by atoms with E-state index in [4.69, 9.17) is 10.9 Å². The third-order valence-corrected chi connectivity index (χ3v) is 5.05. The molecule has 1 amide bonds. The molecular weight excluding hydrogens is 242 g/mol. The van der Waals surface area contributed by atoms with Crippen molar-refractivity contribution >= 4 is 11.7 Å². The molecule has 2 rings (SSSR count). The monoisotopic (exact) mass is 267 g/mol. The van der Waals surface area contributed by atoms with Crippen LogP contribution in [0.4, 0.5) is 0 Å². The van der Waals surface area contributed by atoms with Crippen LogP contribution in [0.3, 0.4) is 0 Å². The molecule has 0 bridgehead atoms. The summed E-state index contributed by atoms with van der Waals surface area (Å²) in [5, 5.41) is 15.1. The number of hydrogen-bond acceptors (Lipinski definition) is 3. The van der Waals surface area contributed by atoms with E-state index < -0.39 is 5.41 Å². The SMILES string of the molecule is CC1(C)CCCCC1NC(=O)C1(C(N)=NO)CCC1. The zero-order chi connectivity index (χ0) is 14.1. The van der Waals surface area contributed by atoms with Gasteiger partial charge in [-0.05, 0) is 31.1 Å². The zero-order valence-corrected chi connectivity index (χ0v) is 11.9. The number of amidine groups is 1. The van der Waals surface area contributed by atoms with Crippen molar-refractivity contribution < 1.29 is 10.0 Å². The molecule has 0 aliphatic heterocycles. The smallest absolute Gasteiger partial charge is 0.234 e. The molecule has 2 fully saturated rings. The maximum Gasteiger partial charge on any atom is 0.234 e. The topological polar surface area (TPSA) is 87.7 Å². The second-order valence-corrected chi connectivity index (χ2v) is 6.68. The van der Waals surface area contributed by atoms with Crippen molar-refractivity contribution in [2.75, 3.05) is 0 Å². The van der Waals surface area contributed by atoms with Crippen LogP contribution in [0.15, 0.2) is 5.16 Å². The lowest BCUT2D eigenvalue weighted by Crippen LogP contribution is -2.58. The van der Waals surface area contributed by atoms with Gasteiger partial charge in [-0.3, -0.25) is 4.79 Å². The molecule has 1 unspecified atom stereocenters. The van der Waals surface area contributed by atoms with E-state index >= 15 is 0 Å². The number of nitrogens with two attached hydrogens (primary N) is 1. The molecule has 4 N–H and O–H groups in total. The Kier molecular flexibility index (Phi) is 3.74. The van der Waals surface area contributed by atoms with E-state index in [0.29, 0.717) is 12.8 Å². The summed E-state index contributed by atoms with van der Waals surface area (Å²) in [7, 11) is 0. The van der Waals surface area contributed by atoms with Crippen LogP contribution < -0.4 is 11.1 Å². The molecule has 0 aromatic heterocycles. The Balaban J connectivity index is 2.08. The van der Waals surface area contributed by atoms with Crippen LogP contribution >= 0.6 is 0 Å². The summed E-state index contributed by atoms with van der Waals surface area (Å²) in [6, 6.07) is 0.192. The van der Waals surface area contributed by atoms with E-state index in [0.717, 1.165) is 25.7 Å². The molecule has 5 nitrogen and oxygen atoms in total. The van der Waals surface area contributed by atoms with E-state index in [2.05, 4.69) is 24.3 Å². The van der Waals surface area contributed by atoms with Gasteiger partial charge in [0.25, 0.3) is 0 Å². The minimum absolute atomic E-state index is 0.0601. The number of nitrogens with zero attached hydrogens (tertiary/aromatic N) is 1. The molecular formula is C14H25N3O2. The van der Waals surface area contributed by atoms with Gasteiger partial charge in [-0.2, -0.15) is 0 Å². The highest BCUT2D eigenvalue weighted by Crippen LogP contribution is 2.43. The summed E-state index contributed by atoms with van der Waals surface area (Å²) in [6.07, 6.45) is 6.86. The molecule has 0 aromatic rings. The van der Waals surface area contributed by atoms with Gasteiger partial charge < -0.3 is 16.3 Å². The molecule has 2 aliphatic carbocycles. The molecule has 19 heavy (non-hydrogen) atoms. The third kappa shape index (κ3) is 2.42. The Bertz CT molecular complexity index is 386. The molecule has 0 spiro atoms. The molecule has 0 saturated heterocycles. The summed E-state index contributed by atoms with van der Waals surface area (Å²) in [5.41, 5.74) is 5.09. The summed E-state index contributed by atoms with van der Waals surface area (Å²) in [6.45, 7) is 4.40. The van der Waals surface area contributed by atoms with Gasteiger partial charge in [0.15, 0.2) is 5.84 Å². The number of rotatable bonds is 3. The first-order valence-electron chi connectivity index (χ1n) is 7.21. The number of oxime groups is 1. The average molecular weight is 267 g/mol. The zero-order valence-electron chi connectivity index (χ0n) is 11.9. The molecule has 108 valence electrons. The Morgan fingerprint density at radius 1 is 1.26 bits per heavy atom. The fraction of sp³-hybridized carbons (Fsp3) is 0.857. The van der Waals surface area contributed by atoms with E-state index in [9.17, 15) is 4.79 Å². The van der Waals surface area contributed by atoms with Gasteiger partial charge in [0.05, 0.1) is 0 Å². The van der Waals surface area contributed by atoms with Crippen molar-refractivity contribution in [2.45, 2.75) is 64.8 Å². The van der Waals surface area contributed by atoms with E-state index in [1.807, 2.05) is 0 Å². The molecule has 2 saturated carbocycles. The highest BCUT2D eigenvalue weighted by molar-refractivity contribution is 6.07. The number of hydrogen-bond donors (Lipinski definition) is 3. The first-order valence-corrected chi connectivity index (χ1v) is 7.21. The molecule has 1 atom stereocenters. The normalized spacial score (nSPS) is 29.4.